The fourth-order valence-corrected chi connectivity index (χ4v) is 2.47. The molecule has 0 saturated heterocycles. The summed E-state index contributed by atoms with van der Waals surface area (Å²) in [6.45, 7) is 1.97. The second kappa shape index (κ2) is 7.45. The van der Waals surface area contributed by atoms with Crippen molar-refractivity contribution >= 4 is 29.2 Å². The molecule has 1 aromatic heterocycles. The molecular formula is C20H16ClNO4. The summed E-state index contributed by atoms with van der Waals surface area (Å²) in [6.07, 6.45) is 0. The largest absolute Gasteiger partial charge is 0.438 e. The van der Waals surface area contributed by atoms with Crippen LogP contribution in [0.15, 0.2) is 65.1 Å². The molecule has 3 rings (SSSR count). The Morgan fingerprint density at radius 1 is 0.962 bits per heavy atom. The number of anilines is 1. The molecular weight excluding hydrogens is 354 g/mol. The number of halogens is 1. The summed E-state index contributed by atoms with van der Waals surface area (Å²) < 4.78 is 10.2. The number of amides is 1. The number of rotatable bonds is 4. The van der Waals surface area contributed by atoms with E-state index in [1.165, 1.54) is 17.0 Å². The number of nitrogens with zero attached hydrogens (tertiary/aromatic N) is 1. The van der Waals surface area contributed by atoms with E-state index in [9.17, 15) is 9.59 Å². The van der Waals surface area contributed by atoms with Gasteiger partial charge in [0.2, 0.25) is 5.76 Å². The third-order valence-electron chi connectivity index (χ3n) is 3.81. The van der Waals surface area contributed by atoms with Gasteiger partial charge < -0.3 is 14.1 Å². The van der Waals surface area contributed by atoms with E-state index in [4.69, 9.17) is 20.8 Å². The van der Waals surface area contributed by atoms with Gasteiger partial charge in [-0.1, -0.05) is 17.7 Å². The number of furan rings is 1. The van der Waals surface area contributed by atoms with Gasteiger partial charge in [-0.3, -0.25) is 4.79 Å². The van der Waals surface area contributed by atoms with Crippen LogP contribution in [0.25, 0.3) is 0 Å². The number of benzene rings is 2. The van der Waals surface area contributed by atoms with Crippen molar-refractivity contribution < 1.29 is 18.7 Å². The van der Waals surface area contributed by atoms with Gasteiger partial charge in [0.1, 0.15) is 5.75 Å². The maximum absolute atomic E-state index is 12.5. The zero-order chi connectivity index (χ0) is 18.7. The maximum Gasteiger partial charge on any atom is 0.379 e. The van der Waals surface area contributed by atoms with Crippen molar-refractivity contribution in [3.8, 4) is 5.75 Å². The van der Waals surface area contributed by atoms with Gasteiger partial charge in [0.25, 0.3) is 5.91 Å². The van der Waals surface area contributed by atoms with Crippen molar-refractivity contribution in [2.24, 2.45) is 0 Å². The second-order valence-electron chi connectivity index (χ2n) is 5.72. The smallest absolute Gasteiger partial charge is 0.379 e. The van der Waals surface area contributed by atoms with Crippen LogP contribution >= 0.6 is 11.6 Å². The molecule has 1 amide bonds. The highest BCUT2D eigenvalue weighted by molar-refractivity contribution is 6.29. The lowest BCUT2D eigenvalue weighted by Crippen LogP contribution is -2.26. The summed E-state index contributed by atoms with van der Waals surface area (Å²) in [5, 5.41) is 0.114. The number of aryl methyl sites for hydroxylation is 1. The van der Waals surface area contributed by atoms with E-state index in [2.05, 4.69) is 0 Å². The van der Waals surface area contributed by atoms with Crippen LogP contribution in [0.1, 0.15) is 26.5 Å². The van der Waals surface area contributed by atoms with Crippen molar-refractivity contribution in [3.05, 3.63) is 82.8 Å². The summed E-state index contributed by atoms with van der Waals surface area (Å²) in [4.78, 5) is 26.0. The Kier molecular flexibility index (Phi) is 5.09. The van der Waals surface area contributed by atoms with Crippen molar-refractivity contribution in [1.29, 1.82) is 0 Å². The first-order valence-electron chi connectivity index (χ1n) is 7.86. The van der Waals surface area contributed by atoms with Crippen LogP contribution in [0.4, 0.5) is 5.69 Å². The lowest BCUT2D eigenvalue weighted by molar-refractivity contribution is 0.0701. The summed E-state index contributed by atoms with van der Waals surface area (Å²) in [6, 6.07) is 16.9. The minimum absolute atomic E-state index is 0.0192. The summed E-state index contributed by atoms with van der Waals surface area (Å²) in [5.41, 5.74) is 2.37. The lowest BCUT2D eigenvalue weighted by Gasteiger charge is -2.17. The van der Waals surface area contributed by atoms with E-state index in [-0.39, 0.29) is 16.9 Å². The first-order chi connectivity index (χ1) is 12.4. The van der Waals surface area contributed by atoms with E-state index in [0.29, 0.717) is 17.0 Å². The Labute approximate surface area is 155 Å². The Morgan fingerprint density at radius 3 is 2.19 bits per heavy atom. The van der Waals surface area contributed by atoms with Crippen molar-refractivity contribution in [1.82, 2.24) is 0 Å². The predicted molar refractivity (Wildman–Crippen MR) is 99.0 cm³/mol. The van der Waals surface area contributed by atoms with Crippen LogP contribution in [-0.4, -0.2) is 18.9 Å². The average molecular weight is 370 g/mol. The molecule has 0 spiro atoms. The average Bonchev–Trinajstić information content (AvgIpc) is 3.08. The molecule has 0 aliphatic heterocycles. The van der Waals surface area contributed by atoms with Gasteiger partial charge in [0.05, 0.1) is 0 Å². The highest BCUT2D eigenvalue weighted by Crippen LogP contribution is 2.22. The molecule has 3 aromatic rings. The zero-order valence-electron chi connectivity index (χ0n) is 14.2. The molecule has 5 nitrogen and oxygen atoms in total. The molecule has 0 aliphatic rings. The molecule has 0 radical (unpaired) electrons. The van der Waals surface area contributed by atoms with Gasteiger partial charge in [0, 0.05) is 18.3 Å². The fourth-order valence-electron chi connectivity index (χ4n) is 2.33. The standard InChI is InChI=1S/C20H16ClNO4/c1-13-3-5-14(6-4-13)19(23)22(2)15-7-9-16(10-8-15)25-20(24)17-11-12-18(21)26-17/h3-12H,1-2H3. The zero-order valence-corrected chi connectivity index (χ0v) is 15.0. The topological polar surface area (TPSA) is 59.8 Å². The summed E-state index contributed by atoms with van der Waals surface area (Å²) >= 11 is 5.64. The molecule has 0 atom stereocenters. The first-order valence-corrected chi connectivity index (χ1v) is 8.24. The van der Waals surface area contributed by atoms with E-state index < -0.39 is 5.97 Å². The molecule has 2 aromatic carbocycles. The van der Waals surface area contributed by atoms with Crippen molar-refractivity contribution in [2.75, 3.05) is 11.9 Å². The summed E-state index contributed by atoms with van der Waals surface area (Å²) in [5.74, 6) is -0.415. The van der Waals surface area contributed by atoms with Gasteiger partial charge in [-0.15, -0.1) is 0 Å². The van der Waals surface area contributed by atoms with Crippen molar-refractivity contribution in [2.45, 2.75) is 6.92 Å². The number of hydrogen-bond donors (Lipinski definition) is 0. The van der Waals surface area contributed by atoms with Crippen LogP contribution in [0, 0.1) is 6.92 Å². The van der Waals surface area contributed by atoms with Gasteiger partial charge >= 0.3 is 5.97 Å². The quantitative estimate of drug-likeness (QED) is 0.492. The summed E-state index contributed by atoms with van der Waals surface area (Å²) in [7, 11) is 1.69. The van der Waals surface area contributed by atoms with Crippen LogP contribution in [0.2, 0.25) is 5.22 Å². The lowest BCUT2D eigenvalue weighted by atomic mass is 10.1. The van der Waals surface area contributed by atoms with Gasteiger partial charge in [-0.2, -0.15) is 0 Å². The molecule has 132 valence electrons. The number of carbonyl (C=O) groups is 2. The second-order valence-corrected chi connectivity index (χ2v) is 6.09. The molecule has 0 fully saturated rings. The van der Waals surface area contributed by atoms with Crippen LogP contribution in [0.3, 0.4) is 0 Å². The van der Waals surface area contributed by atoms with Crippen LogP contribution in [0.5, 0.6) is 5.75 Å². The molecule has 1 heterocycles. The number of ether oxygens (including phenoxy) is 1. The number of hydrogen-bond acceptors (Lipinski definition) is 4. The SMILES string of the molecule is Cc1ccc(C(=O)N(C)c2ccc(OC(=O)c3ccc(Cl)o3)cc2)cc1. The molecule has 0 N–H and O–H groups in total. The van der Waals surface area contributed by atoms with Gasteiger partial charge in [0.15, 0.2) is 5.22 Å². The monoisotopic (exact) mass is 369 g/mol. The molecule has 0 unspecified atom stereocenters. The fraction of sp³-hybridized carbons (Fsp3) is 0.100. The molecule has 0 aliphatic carbocycles. The Balaban J connectivity index is 1.69. The predicted octanol–water partition coefficient (Wildman–Crippen LogP) is 4.74. The highest BCUT2D eigenvalue weighted by atomic mass is 35.5. The number of carbonyl (C=O) groups excluding carboxylic acids is 2. The van der Waals surface area contributed by atoms with E-state index >= 15 is 0 Å². The Hall–Kier alpha value is -3.05. The third kappa shape index (κ3) is 3.95. The van der Waals surface area contributed by atoms with Gasteiger partial charge in [-0.25, -0.2) is 4.79 Å². The van der Waals surface area contributed by atoms with E-state index in [1.807, 2.05) is 19.1 Å². The van der Waals surface area contributed by atoms with Crippen LogP contribution in [-0.2, 0) is 0 Å². The Bertz CT molecular complexity index is 929. The molecule has 0 saturated carbocycles. The Morgan fingerprint density at radius 2 is 1.62 bits per heavy atom. The van der Waals surface area contributed by atoms with Gasteiger partial charge in [-0.05, 0) is 67.1 Å². The normalized spacial score (nSPS) is 10.4. The molecule has 0 bridgehead atoms. The minimum atomic E-state index is -0.645. The highest BCUT2D eigenvalue weighted by Gasteiger charge is 2.15. The first kappa shape index (κ1) is 17.8. The van der Waals surface area contributed by atoms with Crippen LogP contribution < -0.4 is 9.64 Å². The maximum atomic E-state index is 12.5. The molecule has 6 heteroatoms. The van der Waals surface area contributed by atoms with E-state index in [1.54, 1.807) is 43.4 Å². The number of esters is 1. The minimum Gasteiger partial charge on any atom is -0.438 e. The third-order valence-corrected chi connectivity index (χ3v) is 4.02. The van der Waals surface area contributed by atoms with Crippen molar-refractivity contribution in [3.63, 3.8) is 0 Å². The molecule has 26 heavy (non-hydrogen) atoms. The van der Waals surface area contributed by atoms with E-state index in [0.717, 1.165) is 5.56 Å².